The molecule has 0 amide bonds. The molecule has 1 aromatic rings. The van der Waals surface area contributed by atoms with Crippen LogP contribution in [0, 0.1) is 0 Å². The summed E-state index contributed by atoms with van der Waals surface area (Å²) >= 11 is 0. The quantitative estimate of drug-likeness (QED) is 0.774. The van der Waals surface area contributed by atoms with Gasteiger partial charge in [-0.25, -0.2) is 0 Å². The van der Waals surface area contributed by atoms with Gasteiger partial charge in [0.15, 0.2) is 0 Å². The molecule has 2 N–H and O–H groups in total. The summed E-state index contributed by atoms with van der Waals surface area (Å²) in [5, 5.41) is 0. The Labute approximate surface area is 91.2 Å². The molecule has 84 valence electrons. The predicted octanol–water partition coefficient (Wildman–Crippen LogP) is 1.60. The van der Waals surface area contributed by atoms with Crippen molar-refractivity contribution in [2.24, 2.45) is 5.73 Å². The third kappa shape index (κ3) is 3.90. The Bertz CT molecular complexity index is 289. The third-order valence-corrected chi connectivity index (χ3v) is 2.21. The van der Waals surface area contributed by atoms with Crippen molar-refractivity contribution in [3.05, 3.63) is 29.8 Å². The Morgan fingerprint density at radius 1 is 1.33 bits per heavy atom. The standard InChI is InChI=1S/C12H19NO2/c1-3-15-9-11(13)8-10-6-4-5-7-12(10)14-2/h4-7,11H,3,8-9,13H2,1-2H3. The zero-order chi connectivity index (χ0) is 11.1. The molecule has 0 saturated heterocycles. The lowest BCUT2D eigenvalue weighted by Gasteiger charge is -2.13. The van der Waals surface area contributed by atoms with Crippen molar-refractivity contribution in [1.29, 1.82) is 0 Å². The molecule has 0 fully saturated rings. The van der Waals surface area contributed by atoms with E-state index in [0.717, 1.165) is 17.7 Å². The number of hydrogen-bond donors (Lipinski definition) is 1. The molecule has 1 rings (SSSR count). The fraction of sp³-hybridized carbons (Fsp3) is 0.500. The van der Waals surface area contributed by atoms with Gasteiger partial charge in [0.2, 0.25) is 0 Å². The van der Waals surface area contributed by atoms with E-state index >= 15 is 0 Å². The van der Waals surface area contributed by atoms with E-state index in [2.05, 4.69) is 0 Å². The van der Waals surface area contributed by atoms with Gasteiger partial charge in [0.1, 0.15) is 5.75 Å². The SMILES string of the molecule is CCOCC(N)Cc1ccccc1OC. The van der Waals surface area contributed by atoms with Crippen LogP contribution < -0.4 is 10.5 Å². The van der Waals surface area contributed by atoms with Crippen molar-refractivity contribution in [3.63, 3.8) is 0 Å². The second-order valence-corrected chi connectivity index (χ2v) is 3.44. The lowest BCUT2D eigenvalue weighted by atomic mass is 10.1. The number of nitrogens with two attached hydrogens (primary N) is 1. The van der Waals surface area contributed by atoms with Gasteiger partial charge < -0.3 is 15.2 Å². The van der Waals surface area contributed by atoms with Crippen LogP contribution in [0.4, 0.5) is 0 Å². The van der Waals surface area contributed by atoms with Gasteiger partial charge in [-0.3, -0.25) is 0 Å². The molecule has 1 unspecified atom stereocenters. The van der Waals surface area contributed by atoms with Crippen LogP contribution in [0.2, 0.25) is 0 Å². The molecule has 0 aliphatic heterocycles. The topological polar surface area (TPSA) is 44.5 Å². The molecule has 0 heterocycles. The summed E-state index contributed by atoms with van der Waals surface area (Å²) in [6.07, 6.45) is 0.782. The Morgan fingerprint density at radius 3 is 2.73 bits per heavy atom. The molecule has 3 heteroatoms. The van der Waals surface area contributed by atoms with Crippen molar-refractivity contribution in [3.8, 4) is 5.75 Å². The first kappa shape index (κ1) is 12.0. The van der Waals surface area contributed by atoms with Crippen molar-refractivity contribution >= 4 is 0 Å². The summed E-state index contributed by atoms with van der Waals surface area (Å²) in [5.74, 6) is 0.893. The van der Waals surface area contributed by atoms with Gasteiger partial charge in [-0.2, -0.15) is 0 Å². The van der Waals surface area contributed by atoms with Gasteiger partial charge in [0.05, 0.1) is 13.7 Å². The molecule has 3 nitrogen and oxygen atoms in total. The van der Waals surface area contributed by atoms with Crippen molar-refractivity contribution < 1.29 is 9.47 Å². The van der Waals surface area contributed by atoms with Crippen LogP contribution in [0.25, 0.3) is 0 Å². The van der Waals surface area contributed by atoms with Crippen molar-refractivity contribution in [1.82, 2.24) is 0 Å². The summed E-state index contributed by atoms with van der Waals surface area (Å²) in [7, 11) is 1.67. The largest absolute Gasteiger partial charge is 0.496 e. The molecule has 0 saturated carbocycles. The number of hydrogen-bond acceptors (Lipinski definition) is 3. The Morgan fingerprint density at radius 2 is 2.07 bits per heavy atom. The first-order chi connectivity index (χ1) is 7.27. The first-order valence-electron chi connectivity index (χ1n) is 5.23. The molecule has 0 spiro atoms. The van der Waals surface area contributed by atoms with Crippen LogP contribution in [-0.4, -0.2) is 26.4 Å². The van der Waals surface area contributed by atoms with E-state index in [1.807, 2.05) is 31.2 Å². The molecule has 0 aliphatic carbocycles. The second-order valence-electron chi connectivity index (χ2n) is 3.44. The van der Waals surface area contributed by atoms with Gasteiger partial charge in [-0.1, -0.05) is 18.2 Å². The second kappa shape index (κ2) is 6.43. The minimum absolute atomic E-state index is 0.0289. The highest BCUT2D eigenvalue weighted by atomic mass is 16.5. The summed E-state index contributed by atoms with van der Waals surface area (Å²) in [4.78, 5) is 0. The highest BCUT2D eigenvalue weighted by molar-refractivity contribution is 5.33. The third-order valence-electron chi connectivity index (χ3n) is 2.21. The van der Waals surface area contributed by atoms with Gasteiger partial charge in [0.25, 0.3) is 0 Å². The predicted molar refractivity (Wildman–Crippen MR) is 61.2 cm³/mol. The van der Waals surface area contributed by atoms with Crippen LogP contribution in [0.1, 0.15) is 12.5 Å². The Hall–Kier alpha value is -1.06. The normalized spacial score (nSPS) is 12.5. The Kier molecular flexibility index (Phi) is 5.15. The molecule has 15 heavy (non-hydrogen) atoms. The van der Waals surface area contributed by atoms with E-state index in [1.54, 1.807) is 7.11 Å². The number of ether oxygens (including phenoxy) is 2. The molecule has 1 atom stereocenters. The number of benzene rings is 1. The zero-order valence-electron chi connectivity index (χ0n) is 9.40. The maximum atomic E-state index is 5.93. The van der Waals surface area contributed by atoms with Gasteiger partial charge in [-0.05, 0) is 25.0 Å². The number of rotatable bonds is 6. The van der Waals surface area contributed by atoms with Gasteiger partial charge >= 0.3 is 0 Å². The molecular weight excluding hydrogens is 190 g/mol. The van der Waals surface area contributed by atoms with Crippen molar-refractivity contribution in [2.75, 3.05) is 20.3 Å². The molecule has 0 aliphatic rings. The van der Waals surface area contributed by atoms with Crippen LogP contribution >= 0.6 is 0 Å². The average molecular weight is 209 g/mol. The average Bonchev–Trinajstić information content (AvgIpc) is 2.27. The molecule has 0 aromatic heterocycles. The molecule has 1 aromatic carbocycles. The van der Waals surface area contributed by atoms with Crippen LogP contribution in [0.15, 0.2) is 24.3 Å². The van der Waals surface area contributed by atoms with Crippen molar-refractivity contribution in [2.45, 2.75) is 19.4 Å². The summed E-state index contributed by atoms with van der Waals surface area (Å²) in [5.41, 5.74) is 7.07. The van der Waals surface area contributed by atoms with E-state index in [4.69, 9.17) is 15.2 Å². The minimum Gasteiger partial charge on any atom is -0.496 e. The van der Waals surface area contributed by atoms with Gasteiger partial charge in [0, 0.05) is 12.6 Å². The van der Waals surface area contributed by atoms with E-state index in [9.17, 15) is 0 Å². The summed E-state index contributed by atoms with van der Waals surface area (Å²) in [6, 6.07) is 7.95. The van der Waals surface area contributed by atoms with E-state index in [-0.39, 0.29) is 6.04 Å². The number of para-hydroxylation sites is 1. The molecular formula is C12H19NO2. The highest BCUT2D eigenvalue weighted by Crippen LogP contribution is 2.18. The fourth-order valence-electron chi connectivity index (χ4n) is 1.48. The first-order valence-corrected chi connectivity index (χ1v) is 5.23. The maximum Gasteiger partial charge on any atom is 0.122 e. The monoisotopic (exact) mass is 209 g/mol. The van der Waals surface area contributed by atoms with E-state index in [1.165, 1.54) is 0 Å². The smallest absolute Gasteiger partial charge is 0.122 e. The fourth-order valence-corrected chi connectivity index (χ4v) is 1.48. The van der Waals surface area contributed by atoms with E-state index in [0.29, 0.717) is 13.2 Å². The van der Waals surface area contributed by atoms with Gasteiger partial charge in [-0.15, -0.1) is 0 Å². The molecule has 0 bridgehead atoms. The summed E-state index contributed by atoms with van der Waals surface area (Å²) < 4.78 is 10.5. The van der Waals surface area contributed by atoms with Crippen LogP contribution in [-0.2, 0) is 11.2 Å². The van der Waals surface area contributed by atoms with E-state index < -0.39 is 0 Å². The lowest BCUT2D eigenvalue weighted by molar-refractivity contribution is 0.133. The number of methoxy groups -OCH3 is 1. The minimum atomic E-state index is 0.0289. The van der Waals surface area contributed by atoms with Crippen LogP contribution in [0.3, 0.4) is 0 Å². The molecule has 0 radical (unpaired) electrons. The highest BCUT2D eigenvalue weighted by Gasteiger charge is 2.07. The zero-order valence-corrected chi connectivity index (χ0v) is 9.40. The maximum absolute atomic E-state index is 5.93. The lowest BCUT2D eigenvalue weighted by Crippen LogP contribution is -2.28. The Balaban J connectivity index is 2.55. The van der Waals surface area contributed by atoms with Crippen LogP contribution in [0.5, 0.6) is 5.75 Å². The summed E-state index contributed by atoms with van der Waals surface area (Å²) in [6.45, 7) is 3.27.